The van der Waals surface area contributed by atoms with Crippen LogP contribution in [0.4, 0.5) is 4.32 Å². The number of ether oxygens (including phenoxy) is 1. The summed E-state index contributed by atoms with van der Waals surface area (Å²) in [6, 6.07) is 14.8. The molecule has 1 radical (unpaired) electrons. The molecule has 0 bridgehead atoms. The fourth-order valence-corrected chi connectivity index (χ4v) is 4.69. The van der Waals surface area contributed by atoms with E-state index in [0.717, 1.165) is 33.8 Å². The van der Waals surface area contributed by atoms with Crippen LogP contribution in [0.25, 0.3) is 17.7 Å². The fraction of sp³-hybridized carbons (Fsp3) is 0.115. The highest BCUT2D eigenvalue weighted by atomic mass is 35.5. The van der Waals surface area contributed by atoms with Crippen molar-refractivity contribution in [1.82, 2.24) is 4.48 Å². The van der Waals surface area contributed by atoms with Crippen LogP contribution in [-0.4, -0.2) is 29.0 Å². The number of aromatic nitrogens is 1. The average molecular weight is 493 g/mol. The quantitative estimate of drug-likeness (QED) is 0.394. The molecule has 4 nitrogen and oxygen atoms in total. The van der Waals surface area contributed by atoms with Gasteiger partial charge in [0.15, 0.2) is 5.70 Å². The van der Waals surface area contributed by atoms with Crippen LogP contribution in [0.1, 0.15) is 28.9 Å². The molecule has 0 saturated carbocycles. The van der Waals surface area contributed by atoms with Gasteiger partial charge in [-0.25, -0.2) is 0 Å². The molecule has 0 unspecified atom stereocenters. The molecular weight excluding hydrogens is 471 g/mol. The fourth-order valence-electron chi connectivity index (χ4n) is 4.40. The largest absolute Gasteiger partial charge is 0.533 e. The van der Waals surface area contributed by atoms with Gasteiger partial charge < -0.3 is 23.8 Å². The Kier molecular flexibility index (Phi) is 6.21. The normalized spacial score (nSPS) is 15.1. The summed E-state index contributed by atoms with van der Waals surface area (Å²) in [6.07, 6.45) is 10.2. The van der Waals surface area contributed by atoms with Gasteiger partial charge >= 0.3 is 7.26 Å². The van der Waals surface area contributed by atoms with Crippen LogP contribution in [0, 0.1) is 6.92 Å². The minimum Gasteiger partial charge on any atom is -0.457 e. The molecule has 2 aliphatic rings. The number of rotatable bonds is 6. The zero-order chi connectivity index (χ0) is 23.8. The smallest absolute Gasteiger partial charge is 0.457 e. The van der Waals surface area contributed by atoms with Crippen molar-refractivity contribution in [3.05, 3.63) is 98.9 Å². The molecule has 2 N–H and O–H groups in total. The summed E-state index contributed by atoms with van der Waals surface area (Å²) in [5.74, 6) is 1.28. The number of halogens is 3. The third-order valence-electron chi connectivity index (χ3n) is 5.92. The minimum absolute atomic E-state index is 0.439. The van der Waals surface area contributed by atoms with Gasteiger partial charge in [0.2, 0.25) is 0 Å². The maximum Gasteiger partial charge on any atom is 0.533 e. The molecule has 34 heavy (non-hydrogen) atoms. The van der Waals surface area contributed by atoms with Crippen LogP contribution in [0.15, 0.2) is 66.4 Å². The zero-order valence-electron chi connectivity index (χ0n) is 18.5. The molecule has 171 valence electrons. The van der Waals surface area contributed by atoms with Gasteiger partial charge in [-0.2, -0.15) is 0 Å². The minimum atomic E-state index is -1.31. The number of aryl methyl sites for hydroxylation is 1. The van der Waals surface area contributed by atoms with E-state index in [2.05, 4.69) is 0 Å². The van der Waals surface area contributed by atoms with E-state index in [1.807, 2.05) is 61.6 Å². The molecule has 8 heteroatoms. The van der Waals surface area contributed by atoms with E-state index in [0.29, 0.717) is 34.5 Å². The molecular formula is C26H22BCl2FN3O. The molecule has 0 saturated heterocycles. The molecule has 0 atom stereocenters. The molecule has 3 heterocycles. The van der Waals surface area contributed by atoms with Crippen molar-refractivity contribution in [2.45, 2.75) is 13.3 Å². The second-order valence-electron chi connectivity index (χ2n) is 8.18. The van der Waals surface area contributed by atoms with Gasteiger partial charge in [-0.05, 0) is 67.4 Å². The first-order valence-corrected chi connectivity index (χ1v) is 11.7. The van der Waals surface area contributed by atoms with Crippen LogP contribution in [-0.2, 0) is 0 Å². The topological polar surface area (TPSA) is 43.2 Å². The second-order valence-corrected chi connectivity index (χ2v) is 8.99. The lowest BCUT2D eigenvalue weighted by atomic mass is 9.91. The zero-order valence-corrected chi connectivity index (χ0v) is 20.0. The van der Waals surface area contributed by atoms with E-state index < -0.39 is 7.26 Å². The van der Waals surface area contributed by atoms with Crippen LogP contribution in [0.2, 0.25) is 10.0 Å². The number of allylic oxidation sites excluding steroid dienone is 2. The average Bonchev–Trinajstić information content (AvgIpc) is 3.44. The highest BCUT2D eigenvalue weighted by Crippen LogP contribution is 2.36. The van der Waals surface area contributed by atoms with Crippen molar-refractivity contribution in [2.75, 3.05) is 6.54 Å². The maximum atomic E-state index is 15.5. The highest BCUT2D eigenvalue weighted by molar-refractivity contribution is 6.43. The molecule has 0 fully saturated rings. The van der Waals surface area contributed by atoms with Crippen LogP contribution in [0.3, 0.4) is 0 Å². The summed E-state index contributed by atoms with van der Waals surface area (Å²) in [4.78, 5) is 0. The summed E-state index contributed by atoms with van der Waals surface area (Å²) in [6.45, 7) is 2.52. The molecule has 0 amide bonds. The number of hydrogen-bond donors (Lipinski definition) is 1. The third kappa shape index (κ3) is 4.13. The Morgan fingerprint density at radius 3 is 2.56 bits per heavy atom. The number of hydrogen-bond acceptors (Lipinski definition) is 2. The summed E-state index contributed by atoms with van der Waals surface area (Å²) >= 11 is 12.0. The van der Waals surface area contributed by atoms with E-state index in [1.165, 1.54) is 0 Å². The Hall–Kier alpha value is -3.06. The Balaban J connectivity index is 1.40. The third-order valence-corrected chi connectivity index (χ3v) is 6.66. The Morgan fingerprint density at radius 2 is 1.82 bits per heavy atom. The van der Waals surface area contributed by atoms with Crippen LogP contribution in [0.5, 0.6) is 11.5 Å². The highest BCUT2D eigenvalue weighted by Gasteiger charge is 2.34. The number of nitrogens with two attached hydrogens (primary N) is 1. The van der Waals surface area contributed by atoms with E-state index >= 15 is 4.32 Å². The summed E-state index contributed by atoms with van der Waals surface area (Å²) in [5.41, 5.74) is 11.5. The van der Waals surface area contributed by atoms with Crippen molar-refractivity contribution in [2.24, 2.45) is 5.73 Å². The van der Waals surface area contributed by atoms with E-state index in [4.69, 9.17) is 33.7 Å². The van der Waals surface area contributed by atoms with E-state index in [9.17, 15) is 0 Å². The Labute approximate surface area is 208 Å². The summed E-state index contributed by atoms with van der Waals surface area (Å²) < 4.78 is 24.8. The first kappa shape index (κ1) is 22.7. The first-order chi connectivity index (χ1) is 16.5. The van der Waals surface area contributed by atoms with E-state index in [-0.39, 0.29) is 0 Å². The van der Waals surface area contributed by atoms with Gasteiger partial charge in [-0.1, -0.05) is 41.4 Å². The van der Waals surface area contributed by atoms with Gasteiger partial charge in [0.25, 0.3) is 0 Å². The number of nitrogens with zero attached hydrogens (tertiary/aromatic N) is 2. The Bertz CT molecular complexity index is 1390. The Morgan fingerprint density at radius 1 is 1.06 bits per heavy atom. The SMILES string of the molecule is Cc1cc(/C=C/c2ccc(Oc3ccc(Cl)c(Cl)c3)cc2)n2c1C(CCN)=C1C=CC=[N+]1[B-]2F. The molecule has 0 aliphatic carbocycles. The standard InChI is InChI=1S/C26H22BCl2FN3O/c1-17-15-19(33-26(17)22(12-13-31)25-3-2-14-32(25)27(33)30)7-4-18-5-8-20(9-6-18)34-21-10-11-23(28)24(29)16-21/h2-11,14-16H,12-13,31H2,1H3/b7-4+. The van der Waals surface area contributed by atoms with Crippen molar-refractivity contribution < 1.29 is 13.5 Å². The van der Waals surface area contributed by atoms with Gasteiger partial charge in [0.1, 0.15) is 17.7 Å². The van der Waals surface area contributed by atoms with Gasteiger partial charge in [-0.3, -0.25) is 0 Å². The lowest BCUT2D eigenvalue weighted by Crippen LogP contribution is -2.39. The second kappa shape index (κ2) is 9.30. The van der Waals surface area contributed by atoms with Crippen molar-refractivity contribution in [1.29, 1.82) is 0 Å². The maximum absolute atomic E-state index is 15.5. The van der Waals surface area contributed by atoms with Crippen molar-refractivity contribution in [3.63, 3.8) is 0 Å². The molecule has 1 aromatic heterocycles. The molecule has 0 spiro atoms. The van der Waals surface area contributed by atoms with E-state index in [1.54, 1.807) is 33.4 Å². The van der Waals surface area contributed by atoms with Gasteiger partial charge in [-0.15, -0.1) is 0 Å². The molecule has 2 aromatic carbocycles. The van der Waals surface area contributed by atoms with Gasteiger partial charge in [0, 0.05) is 35.2 Å². The molecule has 5 rings (SSSR count). The predicted octanol–water partition coefficient (Wildman–Crippen LogP) is 6.60. The van der Waals surface area contributed by atoms with Gasteiger partial charge in [0.05, 0.1) is 10.0 Å². The lowest BCUT2D eigenvalue weighted by molar-refractivity contribution is -0.329. The lowest BCUT2D eigenvalue weighted by Gasteiger charge is -2.30. The monoisotopic (exact) mass is 492 g/mol. The number of fused-ring (bicyclic) bond motifs is 2. The van der Waals surface area contributed by atoms with Crippen molar-refractivity contribution >= 4 is 54.4 Å². The summed E-state index contributed by atoms with van der Waals surface area (Å²) in [5, 5.41) is 0.920. The molecule has 2 aliphatic heterocycles. The predicted molar refractivity (Wildman–Crippen MR) is 139 cm³/mol. The van der Waals surface area contributed by atoms with Crippen LogP contribution >= 0.6 is 23.2 Å². The van der Waals surface area contributed by atoms with Crippen LogP contribution < -0.4 is 10.5 Å². The number of benzene rings is 2. The van der Waals surface area contributed by atoms with Crippen molar-refractivity contribution in [3.8, 4) is 11.5 Å². The molecule has 3 aromatic rings. The summed E-state index contributed by atoms with van der Waals surface area (Å²) in [7, 11) is -1.31. The first-order valence-electron chi connectivity index (χ1n) is 11.0.